The summed E-state index contributed by atoms with van der Waals surface area (Å²) >= 11 is 0. The normalized spacial score (nSPS) is 12.2. The third-order valence-corrected chi connectivity index (χ3v) is 1.76. The quantitative estimate of drug-likeness (QED) is 0.723. The fraction of sp³-hybridized carbons (Fsp3) is 0.300. The van der Waals surface area contributed by atoms with Gasteiger partial charge >= 0.3 is 0 Å². The summed E-state index contributed by atoms with van der Waals surface area (Å²) in [7, 11) is 0. The van der Waals surface area contributed by atoms with Crippen molar-refractivity contribution >= 4 is 11.6 Å². The second kappa shape index (κ2) is 4.05. The molecule has 1 amide bonds. The predicted molar refractivity (Wildman–Crippen MR) is 53.3 cm³/mol. The molecule has 0 saturated heterocycles. The van der Waals surface area contributed by atoms with Crippen LogP contribution in [0.5, 0.6) is 0 Å². The van der Waals surface area contributed by atoms with Crippen LogP contribution in [-0.4, -0.2) is 5.91 Å². The minimum atomic E-state index is -0.0758. The molecule has 0 heterocycles. The Labute approximate surface area is 77.9 Å². The molecule has 1 rings (SSSR count). The number of anilines is 1. The first kappa shape index (κ1) is 9.74. The molecular weight excluding hydrogens is 164 g/mol. The number of amides is 1. The summed E-state index contributed by atoms with van der Waals surface area (Å²) in [6.45, 7) is 3.37. The van der Waals surface area contributed by atoms with E-state index < -0.39 is 0 Å². The summed E-state index contributed by atoms with van der Waals surface area (Å²) in [5.41, 5.74) is 7.49. The Kier molecular flexibility index (Phi) is 3.03. The number of rotatable bonds is 2. The molecule has 13 heavy (non-hydrogen) atoms. The van der Waals surface area contributed by atoms with Gasteiger partial charge in [-0.1, -0.05) is 18.2 Å². The second-order valence-corrected chi connectivity index (χ2v) is 3.06. The van der Waals surface area contributed by atoms with Crippen LogP contribution in [0.15, 0.2) is 24.3 Å². The largest absolute Gasteiger partial charge is 0.326 e. The van der Waals surface area contributed by atoms with Gasteiger partial charge in [-0.15, -0.1) is 0 Å². The van der Waals surface area contributed by atoms with Crippen LogP contribution in [0.4, 0.5) is 5.69 Å². The average Bonchev–Trinajstić information content (AvgIpc) is 2.03. The summed E-state index contributed by atoms with van der Waals surface area (Å²) in [5, 5.41) is 2.74. The van der Waals surface area contributed by atoms with Crippen molar-refractivity contribution in [3.63, 3.8) is 0 Å². The van der Waals surface area contributed by atoms with E-state index in [1.54, 1.807) is 0 Å². The fourth-order valence-electron chi connectivity index (χ4n) is 1.20. The molecule has 0 spiro atoms. The van der Waals surface area contributed by atoms with Gasteiger partial charge in [-0.05, 0) is 18.6 Å². The molecule has 1 aromatic carbocycles. The summed E-state index contributed by atoms with van der Waals surface area (Å²) < 4.78 is 0. The zero-order valence-electron chi connectivity index (χ0n) is 7.87. The maximum atomic E-state index is 10.8. The monoisotopic (exact) mass is 178 g/mol. The topological polar surface area (TPSA) is 55.1 Å². The number of benzene rings is 1. The van der Waals surface area contributed by atoms with Crippen LogP contribution in [0.25, 0.3) is 0 Å². The molecule has 0 radical (unpaired) electrons. The van der Waals surface area contributed by atoms with E-state index in [1.165, 1.54) is 6.92 Å². The van der Waals surface area contributed by atoms with Crippen molar-refractivity contribution in [3.8, 4) is 0 Å². The van der Waals surface area contributed by atoms with Gasteiger partial charge in [-0.25, -0.2) is 0 Å². The maximum Gasteiger partial charge on any atom is 0.221 e. The molecule has 0 fully saturated rings. The molecule has 3 N–H and O–H groups in total. The van der Waals surface area contributed by atoms with Crippen molar-refractivity contribution in [2.45, 2.75) is 19.9 Å². The minimum Gasteiger partial charge on any atom is -0.326 e. The lowest BCUT2D eigenvalue weighted by Crippen LogP contribution is -2.12. The Morgan fingerprint density at radius 2 is 2.08 bits per heavy atom. The molecule has 0 aliphatic rings. The third-order valence-electron chi connectivity index (χ3n) is 1.76. The molecule has 0 saturated carbocycles. The highest BCUT2D eigenvalue weighted by molar-refractivity contribution is 5.89. The van der Waals surface area contributed by atoms with Gasteiger partial charge in [0.2, 0.25) is 5.91 Å². The van der Waals surface area contributed by atoms with Crippen LogP contribution in [0, 0.1) is 0 Å². The van der Waals surface area contributed by atoms with Gasteiger partial charge < -0.3 is 11.1 Å². The molecule has 0 unspecified atom stereocenters. The van der Waals surface area contributed by atoms with Crippen molar-refractivity contribution in [1.82, 2.24) is 0 Å². The number of nitrogens with one attached hydrogen (secondary N) is 1. The predicted octanol–water partition coefficient (Wildman–Crippen LogP) is 1.66. The van der Waals surface area contributed by atoms with E-state index in [9.17, 15) is 4.79 Å². The summed E-state index contributed by atoms with van der Waals surface area (Å²) in [5.74, 6) is -0.0758. The standard InChI is InChI=1S/C10H14N2O/c1-7(11)9-5-3-4-6-10(9)12-8(2)13/h3-7H,11H2,1-2H3,(H,12,13)/t7-/m0/s1. The van der Waals surface area contributed by atoms with E-state index in [2.05, 4.69) is 5.32 Å². The first-order valence-electron chi connectivity index (χ1n) is 4.23. The Morgan fingerprint density at radius 3 is 2.62 bits per heavy atom. The SMILES string of the molecule is CC(=O)Nc1ccccc1[C@H](C)N. The van der Waals surface area contributed by atoms with Gasteiger partial charge in [0.15, 0.2) is 0 Å². The fourth-order valence-corrected chi connectivity index (χ4v) is 1.20. The molecule has 3 heteroatoms. The van der Waals surface area contributed by atoms with Crippen LogP contribution in [0.3, 0.4) is 0 Å². The van der Waals surface area contributed by atoms with E-state index in [-0.39, 0.29) is 11.9 Å². The van der Waals surface area contributed by atoms with E-state index in [4.69, 9.17) is 5.73 Å². The Morgan fingerprint density at radius 1 is 1.46 bits per heavy atom. The van der Waals surface area contributed by atoms with Crippen molar-refractivity contribution in [2.24, 2.45) is 5.73 Å². The van der Waals surface area contributed by atoms with E-state index in [0.717, 1.165) is 11.3 Å². The molecule has 0 aromatic heterocycles. The molecule has 0 bridgehead atoms. The molecule has 1 atom stereocenters. The number of carbonyl (C=O) groups is 1. The van der Waals surface area contributed by atoms with Crippen LogP contribution in [0.1, 0.15) is 25.5 Å². The van der Waals surface area contributed by atoms with E-state index >= 15 is 0 Å². The molecule has 3 nitrogen and oxygen atoms in total. The highest BCUT2D eigenvalue weighted by atomic mass is 16.1. The smallest absolute Gasteiger partial charge is 0.221 e. The van der Waals surface area contributed by atoms with Gasteiger partial charge in [0.25, 0.3) is 0 Å². The molecule has 1 aromatic rings. The van der Waals surface area contributed by atoms with Gasteiger partial charge in [0.1, 0.15) is 0 Å². The van der Waals surface area contributed by atoms with Gasteiger partial charge in [0, 0.05) is 18.7 Å². The van der Waals surface area contributed by atoms with Gasteiger partial charge in [0.05, 0.1) is 0 Å². The lowest BCUT2D eigenvalue weighted by molar-refractivity contribution is -0.114. The average molecular weight is 178 g/mol. The first-order chi connectivity index (χ1) is 6.11. The van der Waals surface area contributed by atoms with E-state index in [0.29, 0.717) is 0 Å². The number of nitrogens with two attached hydrogens (primary N) is 1. The summed E-state index contributed by atoms with van der Waals surface area (Å²) in [4.78, 5) is 10.8. The van der Waals surface area contributed by atoms with Gasteiger partial charge in [-0.3, -0.25) is 4.79 Å². The van der Waals surface area contributed by atoms with Crippen LogP contribution < -0.4 is 11.1 Å². The lowest BCUT2D eigenvalue weighted by atomic mass is 10.1. The number of hydrogen-bond acceptors (Lipinski definition) is 2. The number of hydrogen-bond donors (Lipinski definition) is 2. The third kappa shape index (κ3) is 2.56. The van der Waals surface area contributed by atoms with Crippen molar-refractivity contribution < 1.29 is 4.79 Å². The van der Waals surface area contributed by atoms with Crippen molar-refractivity contribution in [3.05, 3.63) is 29.8 Å². The van der Waals surface area contributed by atoms with Gasteiger partial charge in [-0.2, -0.15) is 0 Å². The van der Waals surface area contributed by atoms with Crippen LogP contribution in [0.2, 0.25) is 0 Å². The number of carbonyl (C=O) groups excluding carboxylic acids is 1. The zero-order chi connectivity index (χ0) is 9.84. The van der Waals surface area contributed by atoms with Crippen LogP contribution in [-0.2, 0) is 4.79 Å². The zero-order valence-corrected chi connectivity index (χ0v) is 7.87. The summed E-state index contributed by atoms with van der Waals surface area (Å²) in [6.07, 6.45) is 0. The minimum absolute atomic E-state index is 0.0666. The molecule has 0 aliphatic carbocycles. The Bertz CT molecular complexity index is 308. The van der Waals surface area contributed by atoms with Crippen molar-refractivity contribution in [2.75, 3.05) is 5.32 Å². The van der Waals surface area contributed by atoms with Crippen molar-refractivity contribution in [1.29, 1.82) is 0 Å². The molecule has 0 aliphatic heterocycles. The van der Waals surface area contributed by atoms with Crippen LogP contribution >= 0.6 is 0 Å². The number of para-hydroxylation sites is 1. The molecule has 70 valence electrons. The first-order valence-corrected chi connectivity index (χ1v) is 4.23. The highest BCUT2D eigenvalue weighted by Crippen LogP contribution is 2.20. The Hall–Kier alpha value is -1.35. The Balaban J connectivity index is 2.97. The highest BCUT2D eigenvalue weighted by Gasteiger charge is 2.05. The second-order valence-electron chi connectivity index (χ2n) is 3.06. The maximum absolute atomic E-state index is 10.8. The van der Waals surface area contributed by atoms with E-state index in [1.807, 2.05) is 31.2 Å². The summed E-state index contributed by atoms with van der Waals surface area (Å²) in [6, 6.07) is 7.47. The molecular formula is C10H14N2O. The lowest BCUT2D eigenvalue weighted by Gasteiger charge is -2.12.